The zero-order valence-corrected chi connectivity index (χ0v) is 16.0. The summed E-state index contributed by atoms with van der Waals surface area (Å²) in [5.74, 6) is -0.0254. The summed E-state index contributed by atoms with van der Waals surface area (Å²) < 4.78 is 0. The van der Waals surface area contributed by atoms with E-state index in [0.29, 0.717) is 0 Å². The lowest BCUT2D eigenvalue weighted by Gasteiger charge is -2.30. The highest BCUT2D eigenvalue weighted by atomic mass is 32.1. The first kappa shape index (κ1) is 16.4. The largest absolute Gasteiger partial charge is 0.365 e. The molecule has 1 amide bonds. The maximum atomic E-state index is 12.7. The van der Waals surface area contributed by atoms with E-state index >= 15 is 0 Å². The summed E-state index contributed by atoms with van der Waals surface area (Å²) in [6, 6.07) is 12.3. The van der Waals surface area contributed by atoms with E-state index in [9.17, 15) is 4.79 Å². The minimum Gasteiger partial charge on any atom is -0.365 e. The maximum Gasteiger partial charge on any atom is 0.256 e. The number of aryl methyl sites for hydroxylation is 2. The molecule has 0 atom stereocenters. The molecule has 1 aromatic carbocycles. The number of nitrogens with one attached hydrogen (secondary N) is 1. The Balaban J connectivity index is 1.59. The molecule has 0 saturated heterocycles. The van der Waals surface area contributed by atoms with Gasteiger partial charge in [-0.25, -0.2) is 0 Å². The van der Waals surface area contributed by atoms with Gasteiger partial charge in [0.1, 0.15) is 0 Å². The van der Waals surface area contributed by atoms with Crippen molar-refractivity contribution in [3.8, 4) is 0 Å². The molecule has 3 heterocycles. The first-order chi connectivity index (χ1) is 12.1. The molecule has 0 saturated carbocycles. The lowest BCUT2D eigenvalue weighted by atomic mass is 10.1. The SMILES string of the molecule is Cc1cc(C(=O)Nc2ccccc2N2CCc3sccc3C2)c(C)s1. The molecule has 0 aliphatic carbocycles. The molecule has 1 aliphatic rings. The number of carbonyl (C=O) groups excluding carboxylic acids is 1. The predicted octanol–water partition coefficient (Wildman–Crippen LogP) is 5.24. The third-order valence-corrected chi connectivity index (χ3v) is 6.58. The van der Waals surface area contributed by atoms with Crippen LogP contribution < -0.4 is 10.2 Å². The Kier molecular flexibility index (Phi) is 4.36. The lowest BCUT2D eigenvalue weighted by molar-refractivity contribution is 0.102. The van der Waals surface area contributed by atoms with E-state index in [4.69, 9.17) is 0 Å². The van der Waals surface area contributed by atoms with Crippen molar-refractivity contribution in [1.29, 1.82) is 0 Å². The van der Waals surface area contributed by atoms with Gasteiger partial charge in [0.25, 0.3) is 5.91 Å². The van der Waals surface area contributed by atoms with Gasteiger partial charge in [0.15, 0.2) is 0 Å². The van der Waals surface area contributed by atoms with Crippen molar-refractivity contribution < 1.29 is 4.79 Å². The quantitative estimate of drug-likeness (QED) is 0.685. The van der Waals surface area contributed by atoms with Crippen LogP contribution >= 0.6 is 22.7 Å². The van der Waals surface area contributed by atoms with Gasteiger partial charge in [0.2, 0.25) is 0 Å². The Morgan fingerprint density at radius 1 is 1.20 bits per heavy atom. The van der Waals surface area contributed by atoms with Gasteiger partial charge in [-0.1, -0.05) is 12.1 Å². The Morgan fingerprint density at radius 2 is 2.04 bits per heavy atom. The molecule has 1 N–H and O–H groups in total. The second-order valence-corrected chi connectivity index (χ2v) is 8.80. The van der Waals surface area contributed by atoms with Gasteiger partial charge in [-0.15, -0.1) is 22.7 Å². The number of hydrogen-bond acceptors (Lipinski definition) is 4. The summed E-state index contributed by atoms with van der Waals surface area (Å²) in [5.41, 5.74) is 4.16. The highest BCUT2D eigenvalue weighted by molar-refractivity contribution is 7.12. The number of nitrogens with zero attached hydrogens (tertiary/aromatic N) is 1. The number of fused-ring (bicyclic) bond motifs is 1. The Morgan fingerprint density at radius 3 is 2.84 bits per heavy atom. The number of hydrogen-bond donors (Lipinski definition) is 1. The van der Waals surface area contributed by atoms with Crippen LogP contribution in [0.1, 0.15) is 30.6 Å². The molecule has 1 aliphatic heterocycles. The first-order valence-electron chi connectivity index (χ1n) is 8.39. The fourth-order valence-electron chi connectivity index (χ4n) is 3.36. The number of thiophene rings is 2. The lowest BCUT2D eigenvalue weighted by Crippen LogP contribution is -2.30. The number of para-hydroxylation sites is 2. The Hall–Kier alpha value is -2.11. The minimum absolute atomic E-state index is 0.0254. The third kappa shape index (κ3) is 3.22. The highest BCUT2D eigenvalue weighted by Crippen LogP contribution is 2.33. The standard InChI is InChI=1S/C20H20N2OS2/c1-13-11-16(14(2)25-13)20(23)21-17-5-3-4-6-18(17)22-9-7-19-15(12-22)8-10-24-19/h3-6,8,10-11H,7,9,12H2,1-2H3,(H,21,23). The van der Waals surface area contributed by atoms with Crippen molar-refractivity contribution in [2.75, 3.05) is 16.8 Å². The maximum absolute atomic E-state index is 12.7. The van der Waals surface area contributed by atoms with Crippen LogP contribution in [-0.2, 0) is 13.0 Å². The van der Waals surface area contributed by atoms with Gasteiger partial charge < -0.3 is 10.2 Å². The van der Waals surface area contributed by atoms with Gasteiger partial charge >= 0.3 is 0 Å². The van der Waals surface area contributed by atoms with Crippen molar-refractivity contribution in [2.45, 2.75) is 26.8 Å². The smallest absolute Gasteiger partial charge is 0.256 e. The average Bonchev–Trinajstić information content (AvgIpc) is 3.20. The van der Waals surface area contributed by atoms with Gasteiger partial charge in [-0.3, -0.25) is 4.79 Å². The molecule has 0 radical (unpaired) electrons. The molecular weight excluding hydrogens is 348 g/mol. The third-order valence-electron chi connectivity index (χ3n) is 4.59. The zero-order chi connectivity index (χ0) is 17.4. The number of rotatable bonds is 3. The monoisotopic (exact) mass is 368 g/mol. The fourth-order valence-corrected chi connectivity index (χ4v) is 5.17. The number of amides is 1. The molecule has 3 nitrogen and oxygen atoms in total. The highest BCUT2D eigenvalue weighted by Gasteiger charge is 2.21. The van der Waals surface area contributed by atoms with Crippen LogP contribution in [0.3, 0.4) is 0 Å². The van der Waals surface area contributed by atoms with E-state index < -0.39 is 0 Å². The predicted molar refractivity (Wildman–Crippen MR) is 107 cm³/mol. The van der Waals surface area contributed by atoms with Crippen molar-refractivity contribution in [1.82, 2.24) is 0 Å². The summed E-state index contributed by atoms with van der Waals surface area (Å²) in [7, 11) is 0. The molecular formula is C20H20N2OS2. The van der Waals surface area contributed by atoms with Crippen LogP contribution in [0.2, 0.25) is 0 Å². The van der Waals surface area contributed by atoms with Crippen LogP contribution in [0.4, 0.5) is 11.4 Å². The van der Waals surface area contributed by atoms with Crippen LogP contribution in [0.15, 0.2) is 41.8 Å². The minimum atomic E-state index is -0.0254. The van der Waals surface area contributed by atoms with E-state index in [0.717, 1.165) is 46.2 Å². The van der Waals surface area contributed by atoms with Gasteiger partial charge in [0, 0.05) is 27.7 Å². The topological polar surface area (TPSA) is 32.3 Å². The van der Waals surface area contributed by atoms with Gasteiger partial charge in [0.05, 0.1) is 16.9 Å². The first-order valence-corrected chi connectivity index (χ1v) is 10.1. The summed E-state index contributed by atoms with van der Waals surface area (Å²) >= 11 is 3.51. The van der Waals surface area contributed by atoms with Crippen molar-refractivity contribution in [3.63, 3.8) is 0 Å². The Bertz CT molecular complexity index is 925. The van der Waals surface area contributed by atoms with E-state index in [-0.39, 0.29) is 5.91 Å². The van der Waals surface area contributed by atoms with Gasteiger partial charge in [-0.05, 0) is 55.5 Å². The molecule has 5 heteroatoms. The fraction of sp³-hybridized carbons (Fsp3) is 0.250. The summed E-state index contributed by atoms with van der Waals surface area (Å²) in [6.45, 7) is 5.93. The van der Waals surface area contributed by atoms with Crippen LogP contribution in [-0.4, -0.2) is 12.5 Å². The second-order valence-electron chi connectivity index (χ2n) is 6.34. The normalized spacial score (nSPS) is 13.6. The Labute approximate surface area is 155 Å². The number of anilines is 2. The molecule has 0 fully saturated rings. The molecule has 128 valence electrons. The summed E-state index contributed by atoms with van der Waals surface area (Å²) in [4.78, 5) is 18.8. The van der Waals surface area contributed by atoms with Crippen LogP contribution in [0.25, 0.3) is 0 Å². The molecule has 25 heavy (non-hydrogen) atoms. The average molecular weight is 369 g/mol. The second kappa shape index (κ2) is 6.65. The van der Waals surface area contributed by atoms with Crippen molar-refractivity contribution >= 4 is 40.0 Å². The van der Waals surface area contributed by atoms with Crippen molar-refractivity contribution in [2.24, 2.45) is 0 Å². The van der Waals surface area contributed by atoms with Crippen LogP contribution in [0.5, 0.6) is 0 Å². The van der Waals surface area contributed by atoms with E-state index in [2.05, 4.69) is 27.7 Å². The molecule has 0 unspecified atom stereocenters. The van der Waals surface area contributed by atoms with E-state index in [1.54, 1.807) is 11.3 Å². The van der Waals surface area contributed by atoms with E-state index in [1.165, 1.54) is 10.4 Å². The zero-order valence-electron chi connectivity index (χ0n) is 14.3. The molecule has 0 bridgehead atoms. The molecule has 2 aromatic heterocycles. The molecule has 0 spiro atoms. The summed E-state index contributed by atoms with van der Waals surface area (Å²) in [5, 5.41) is 5.29. The van der Waals surface area contributed by atoms with Crippen molar-refractivity contribution in [3.05, 3.63) is 67.5 Å². The molecule has 4 rings (SSSR count). The molecule has 3 aromatic rings. The van der Waals surface area contributed by atoms with Gasteiger partial charge in [-0.2, -0.15) is 0 Å². The van der Waals surface area contributed by atoms with E-state index in [1.807, 2.05) is 49.4 Å². The van der Waals surface area contributed by atoms with Crippen LogP contribution in [0, 0.1) is 13.8 Å². The number of benzene rings is 1. The summed E-state index contributed by atoms with van der Waals surface area (Å²) in [6.07, 6.45) is 1.07. The number of carbonyl (C=O) groups is 1.